The van der Waals surface area contributed by atoms with Gasteiger partial charge in [0.1, 0.15) is 0 Å². The van der Waals surface area contributed by atoms with Gasteiger partial charge in [-0.15, -0.1) is 0 Å². The molecule has 0 aromatic rings. The monoisotopic (exact) mass is 663 g/mol. The van der Waals surface area contributed by atoms with E-state index in [1.54, 1.807) is 6.08 Å². The SMILES string of the molecule is CC/C=C\C/C=C\C/C=C\C/C=C\CCCCC(=O)NC(CS(=O)(=O)O)C(O)/C=C/CCCCCCCCCCCCCCCC. The molecule has 0 aliphatic carbocycles. The Kier molecular flexibility index (Phi) is 31.6. The normalized spacial score (nSPS) is 14.1. The highest BCUT2D eigenvalue weighted by atomic mass is 32.2. The second-order valence-corrected chi connectivity index (χ2v) is 14.0. The first-order valence-electron chi connectivity index (χ1n) is 18.5. The largest absolute Gasteiger partial charge is 0.387 e. The average Bonchev–Trinajstić information content (AvgIpc) is 3.01. The average molecular weight is 664 g/mol. The molecule has 0 saturated carbocycles. The van der Waals surface area contributed by atoms with E-state index in [0.29, 0.717) is 6.42 Å². The summed E-state index contributed by atoms with van der Waals surface area (Å²) in [6.45, 7) is 4.39. The van der Waals surface area contributed by atoms with E-state index in [4.69, 9.17) is 0 Å². The molecule has 46 heavy (non-hydrogen) atoms. The summed E-state index contributed by atoms with van der Waals surface area (Å²) in [4.78, 5) is 12.4. The molecular formula is C39H69NO5S. The van der Waals surface area contributed by atoms with Crippen LogP contribution in [0.3, 0.4) is 0 Å². The van der Waals surface area contributed by atoms with Crippen molar-refractivity contribution < 1.29 is 22.9 Å². The number of carbonyl (C=O) groups excluding carboxylic acids is 1. The van der Waals surface area contributed by atoms with E-state index in [1.807, 2.05) is 6.08 Å². The standard InChI is InChI=1S/C39H69NO5S/c1-3-5-7-9-11-13-15-17-19-21-22-24-26-28-30-32-34-38(41)37(36-46(43,44)45)40-39(42)35-33-31-29-27-25-23-20-18-16-14-12-10-8-6-4-2/h6,8,12,14,18,20,25,27,32,34,37-38,41H,3-5,7,9-11,13,15-17,19,21-24,26,28-31,33,35-36H2,1-2H3,(H,40,42)(H,43,44,45)/b8-6-,14-12-,20-18-,27-25-,34-32+. The Labute approximate surface area is 283 Å². The lowest BCUT2D eigenvalue weighted by Gasteiger charge is -2.21. The van der Waals surface area contributed by atoms with Gasteiger partial charge in [-0.1, -0.05) is 158 Å². The van der Waals surface area contributed by atoms with Gasteiger partial charge in [-0.25, -0.2) is 0 Å². The van der Waals surface area contributed by atoms with Gasteiger partial charge in [0.25, 0.3) is 10.1 Å². The Balaban J connectivity index is 4.08. The zero-order chi connectivity index (χ0) is 34.0. The summed E-state index contributed by atoms with van der Waals surface area (Å²) in [6, 6.07) is -1.08. The molecule has 0 aliphatic heterocycles. The summed E-state index contributed by atoms with van der Waals surface area (Å²) in [5.74, 6) is -1.04. The van der Waals surface area contributed by atoms with Gasteiger partial charge < -0.3 is 10.4 Å². The van der Waals surface area contributed by atoms with Crippen LogP contribution >= 0.6 is 0 Å². The van der Waals surface area contributed by atoms with Gasteiger partial charge in [-0.3, -0.25) is 9.35 Å². The molecule has 0 rings (SSSR count). The van der Waals surface area contributed by atoms with Crippen LogP contribution < -0.4 is 5.32 Å². The summed E-state index contributed by atoms with van der Waals surface area (Å²) in [7, 11) is -4.36. The summed E-state index contributed by atoms with van der Waals surface area (Å²) in [5, 5.41) is 13.2. The molecule has 0 bridgehead atoms. The number of hydrogen-bond acceptors (Lipinski definition) is 4. The summed E-state index contributed by atoms with van der Waals surface area (Å²) in [6.07, 6.45) is 44.9. The molecule has 2 atom stereocenters. The van der Waals surface area contributed by atoms with Crippen LogP contribution in [0.5, 0.6) is 0 Å². The molecule has 0 fully saturated rings. The molecule has 0 spiro atoms. The zero-order valence-electron chi connectivity index (χ0n) is 29.4. The molecule has 1 amide bonds. The molecule has 7 heteroatoms. The molecule has 0 saturated heterocycles. The first kappa shape index (κ1) is 44.0. The number of unbranched alkanes of at least 4 members (excludes halogenated alkanes) is 16. The van der Waals surface area contributed by atoms with Crippen LogP contribution in [0.2, 0.25) is 0 Å². The maximum absolute atomic E-state index is 12.4. The number of hydrogen-bond donors (Lipinski definition) is 3. The van der Waals surface area contributed by atoms with Crippen LogP contribution in [0.25, 0.3) is 0 Å². The van der Waals surface area contributed by atoms with E-state index in [2.05, 4.69) is 67.8 Å². The third kappa shape index (κ3) is 33.4. The van der Waals surface area contributed by atoms with Crippen molar-refractivity contribution in [3.8, 4) is 0 Å². The second-order valence-electron chi connectivity index (χ2n) is 12.5. The number of rotatable bonds is 32. The molecule has 0 aromatic carbocycles. The Morgan fingerprint density at radius 1 is 0.609 bits per heavy atom. The van der Waals surface area contributed by atoms with Crippen molar-refractivity contribution >= 4 is 16.0 Å². The van der Waals surface area contributed by atoms with Crippen LogP contribution in [0.15, 0.2) is 60.8 Å². The van der Waals surface area contributed by atoms with Crippen molar-refractivity contribution in [3.63, 3.8) is 0 Å². The minimum atomic E-state index is -4.36. The van der Waals surface area contributed by atoms with Crippen molar-refractivity contribution in [2.75, 3.05) is 5.75 Å². The van der Waals surface area contributed by atoms with Gasteiger partial charge in [-0.2, -0.15) is 8.42 Å². The first-order chi connectivity index (χ1) is 22.3. The van der Waals surface area contributed by atoms with Crippen LogP contribution in [-0.4, -0.2) is 41.9 Å². The fourth-order valence-electron chi connectivity index (χ4n) is 5.20. The van der Waals surface area contributed by atoms with Crippen LogP contribution in [0.4, 0.5) is 0 Å². The highest BCUT2D eigenvalue weighted by molar-refractivity contribution is 7.85. The van der Waals surface area contributed by atoms with E-state index in [0.717, 1.165) is 57.8 Å². The molecule has 6 nitrogen and oxygen atoms in total. The zero-order valence-corrected chi connectivity index (χ0v) is 30.2. The quantitative estimate of drug-likeness (QED) is 0.0377. The Morgan fingerprint density at radius 2 is 1.04 bits per heavy atom. The second kappa shape index (κ2) is 33.0. The van der Waals surface area contributed by atoms with E-state index in [-0.39, 0.29) is 12.3 Å². The molecule has 266 valence electrons. The van der Waals surface area contributed by atoms with E-state index < -0.39 is 28.0 Å². The van der Waals surface area contributed by atoms with Gasteiger partial charge in [0, 0.05) is 6.42 Å². The van der Waals surface area contributed by atoms with Crippen molar-refractivity contribution in [3.05, 3.63) is 60.8 Å². The number of aliphatic hydroxyl groups excluding tert-OH is 1. The van der Waals surface area contributed by atoms with Crippen molar-refractivity contribution in [2.45, 2.75) is 174 Å². The number of carbonyl (C=O) groups is 1. The van der Waals surface area contributed by atoms with Gasteiger partial charge in [-0.05, 0) is 57.8 Å². The summed E-state index contributed by atoms with van der Waals surface area (Å²) < 4.78 is 32.4. The third-order valence-corrected chi connectivity index (χ3v) is 8.73. The van der Waals surface area contributed by atoms with Crippen LogP contribution in [-0.2, 0) is 14.9 Å². The molecule has 2 unspecified atom stereocenters. The number of amides is 1. The fraction of sp³-hybridized carbons (Fsp3) is 0.718. The first-order valence-corrected chi connectivity index (χ1v) is 20.1. The minimum Gasteiger partial charge on any atom is -0.387 e. The molecule has 0 aromatic heterocycles. The van der Waals surface area contributed by atoms with Gasteiger partial charge in [0.2, 0.25) is 5.91 Å². The van der Waals surface area contributed by atoms with Crippen LogP contribution in [0.1, 0.15) is 162 Å². The number of nitrogens with one attached hydrogen (secondary N) is 1. The van der Waals surface area contributed by atoms with Crippen molar-refractivity contribution in [1.29, 1.82) is 0 Å². The van der Waals surface area contributed by atoms with Gasteiger partial charge in [0.05, 0.1) is 17.9 Å². The van der Waals surface area contributed by atoms with Gasteiger partial charge >= 0.3 is 0 Å². The highest BCUT2D eigenvalue weighted by Crippen LogP contribution is 2.14. The lowest BCUT2D eigenvalue weighted by molar-refractivity contribution is -0.122. The van der Waals surface area contributed by atoms with E-state index in [1.165, 1.54) is 77.0 Å². The Bertz CT molecular complexity index is 951. The number of allylic oxidation sites excluding steroid dienone is 9. The smallest absolute Gasteiger partial charge is 0.267 e. The Morgan fingerprint density at radius 3 is 1.54 bits per heavy atom. The molecule has 0 radical (unpaired) electrons. The Hall–Kier alpha value is -1.96. The van der Waals surface area contributed by atoms with Gasteiger partial charge in [0.15, 0.2) is 0 Å². The van der Waals surface area contributed by atoms with Crippen molar-refractivity contribution in [1.82, 2.24) is 5.32 Å². The van der Waals surface area contributed by atoms with E-state index in [9.17, 15) is 22.9 Å². The van der Waals surface area contributed by atoms with Crippen LogP contribution in [0, 0.1) is 0 Å². The molecule has 0 heterocycles. The predicted molar refractivity (Wildman–Crippen MR) is 198 cm³/mol. The van der Waals surface area contributed by atoms with E-state index >= 15 is 0 Å². The summed E-state index contributed by atoms with van der Waals surface area (Å²) in [5.41, 5.74) is 0. The fourth-order valence-corrected chi connectivity index (χ4v) is 5.94. The lowest BCUT2D eigenvalue weighted by Crippen LogP contribution is -2.46. The highest BCUT2D eigenvalue weighted by Gasteiger charge is 2.24. The molecule has 3 N–H and O–H groups in total. The minimum absolute atomic E-state index is 0.241. The lowest BCUT2D eigenvalue weighted by atomic mass is 10.0. The molecule has 0 aliphatic rings. The predicted octanol–water partition coefficient (Wildman–Crippen LogP) is 10.5. The van der Waals surface area contributed by atoms with Crippen molar-refractivity contribution in [2.24, 2.45) is 0 Å². The number of aliphatic hydroxyl groups is 1. The third-order valence-electron chi connectivity index (χ3n) is 7.95. The summed E-state index contributed by atoms with van der Waals surface area (Å²) >= 11 is 0. The topological polar surface area (TPSA) is 104 Å². The maximum atomic E-state index is 12.4. The molecular weight excluding hydrogens is 594 g/mol. The maximum Gasteiger partial charge on any atom is 0.267 e.